The molecule has 0 saturated carbocycles. The molecule has 1 aliphatic rings. The zero-order valence-corrected chi connectivity index (χ0v) is 14.2. The lowest BCUT2D eigenvalue weighted by molar-refractivity contribution is -0.139. The fourth-order valence-electron chi connectivity index (χ4n) is 3.03. The van der Waals surface area contributed by atoms with Gasteiger partial charge in [0.1, 0.15) is 0 Å². The molecule has 1 aromatic carbocycles. The Bertz CT molecular complexity index is 653. The molecule has 1 fully saturated rings. The second-order valence-electron chi connectivity index (χ2n) is 6.43. The quantitative estimate of drug-likeness (QED) is 0.876. The number of nitrogens with two attached hydrogens (primary N) is 1. The van der Waals surface area contributed by atoms with Crippen LogP contribution in [0.15, 0.2) is 24.3 Å². The summed E-state index contributed by atoms with van der Waals surface area (Å²) in [5, 5.41) is 8.97. The highest BCUT2D eigenvalue weighted by Crippen LogP contribution is 2.18. The number of nitriles is 1. The van der Waals surface area contributed by atoms with Gasteiger partial charge in [0, 0.05) is 19.6 Å². The molecule has 2 N–H and O–H groups in total. The van der Waals surface area contributed by atoms with E-state index < -0.39 is 0 Å². The smallest absolute Gasteiger partial charge is 0.239 e. The maximum Gasteiger partial charge on any atom is 0.239 e. The van der Waals surface area contributed by atoms with Crippen LogP contribution >= 0.6 is 0 Å². The Kier molecular flexibility index (Phi) is 5.93. The van der Waals surface area contributed by atoms with E-state index in [4.69, 9.17) is 11.0 Å². The molecule has 1 aliphatic heterocycles. The number of likely N-dealkylation sites (N-methyl/N-ethyl adjacent to an activating group) is 1. The molecular formula is C18H24N4O2. The number of nitrogens with zero attached hydrogens (tertiary/aromatic N) is 3. The van der Waals surface area contributed by atoms with E-state index in [0.717, 1.165) is 18.4 Å². The lowest BCUT2D eigenvalue weighted by atomic mass is 9.97. The molecule has 2 amide bonds. The summed E-state index contributed by atoms with van der Waals surface area (Å²) in [7, 11) is 1.89. The maximum absolute atomic E-state index is 12.7. The third kappa shape index (κ3) is 4.33. The van der Waals surface area contributed by atoms with Crippen molar-refractivity contribution >= 4 is 11.8 Å². The highest BCUT2D eigenvalue weighted by Gasteiger charge is 2.30. The molecule has 0 radical (unpaired) electrons. The molecule has 24 heavy (non-hydrogen) atoms. The Morgan fingerprint density at radius 3 is 2.92 bits per heavy atom. The molecule has 1 saturated heterocycles. The Hall–Kier alpha value is -2.39. The molecule has 2 atom stereocenters. The van der Waals surface area contributed by atoms with E-state index in [-0.39, 0.29) is 23.8 Å². The van der Waals surface area contributed by atoms with Gasteiger partial charge in [-0.3, -0.25) is 14.5 Å². The molecule has 1 aromatic rings. The van der Waals surface area contributed by atoms with Gasteiger partial charge in [0.05, 0.1) is 23.6 Å². The van der Waals surface area contributed by atoms with Crippen molar-refractivity contribution in [3.05, 3.63) is 35.4 Å². The molecule has 2 unspecified atom stereocenters. The van der Waals surface area contributed by atoms with Crippen molar-refractivity contribution in [2.24, 2.45) is 11.7 Å². The van der Waals surface area contributed by atoms with Gasteiger partial charge in [0.2, 0.25) is 11.8 Å². The van der Waals surface area contributed by atoms with Crippen LogP contribution in [-0.4, -0.2) is 47.8 Å². The molecular weight excluding hydrogens is 304 g/mol. The number of rotatable bonds is 5. The zero-order valence-electron chi connectivity index (χ0n) is 14.2. The maximum atomic E-state index is 12.7. The van der Waals surface area contributed by atoms with Crippen molar-refractivity contribution < 1.29 is 9.59 Å². The summed E-state index contributed by atoms with van der Waals surface area (Å²) < 4.78 is 0. The van der Waals surface area contributed by atoms with E-state index in [9.17, 15) is 9.59 Å². The van der Waals surface area contributed by atoms with Gasteiger partial charge in [-0.1, -0.05) is 12.1 Å². The van der Waals surface area contributed by atoms with E-state index in [2.05, 4.69) is 6.07 Å². The first-order chi connectivity index (χ1) is 11.4. The van der Waals surface area contributed by atoms with Gasteiger partial charge in [-0.2, -0.15) is 5.26 Å². The van der Waals surface area contributed by atoms with Gasteiger partial charge in [0.25, 0.3) is 0 Å². The summed E-state index contributed by atoms with van der Waals surface area (Å²) >= 11 is 0. The van der Waals surface area contributed by atoms with Crippen LogP contribution in [0.1, 0.15) is 30.9 Å². The minimum absolute atomic E-state index is 0.0138. The summed E-state index contributed by atoms with van der Waals surface area (Å²) in [5.41, 5.74) is 6.98. The normalized spacial score (nSPS) is 18.9. The zero-order chi connectivity index (χ0) is 17.7. The van der Waals surface area contributed by atoms with Crippen molar-refractivity contribution in [2.75, 3.05) is 20.1 Å². The predicted octanol–water partition coefficient (Wildman–Crippen LogP) is 1.10. The molecule has 128 valence electrons. The number of likely N-dealkylation sites (tertiary alicyclic amines) is 1. The summed E-state index contributed by atoms with van der Waals surface area (Å²) in [6.07, 6.45) is 1.56. The number of carbonyl (C=O) groups is 2. The van der Waals surface area contributed by atoms with Crippen molar-refractivity contribution in [1.29, 1.82) is 5.26 Å². The highest BCUT2D eigenvalue weighted by molar-refractivity contribution is 5.83. The monoisotopic (exact) mass is 328 g/mol. The molecule has 6 nitrogen and oxygen atoms in total. The second kappa shape index (κ2) is 7.93. The Morgan fingerprint density at radius 1 is 1.50 bits per heavy atom. The van der Waals surface area contributed by atoms with Crippen LogP contribution in [0.25, 0.3) is 0 Å². The molecule has 0 spiro atoms. The average molecular weight is 328 g/mol. The van der Waals surface area contributed by atoms with Crippen LogP contribution in [0.2, 0.25) is 0 Å². The number of piperidine rings is 1. The van der Waals surface area contributed by atoms with Crippen LogP contribution in [0, 0.1) is 17.2 Å². The summed E-state index contributed by atoms with van der Waals surface area (Å²) in [4.78, 5) is 27.8. The van der Waals surface area contributed by atoms with E-state index in [1.165, 1.54) is 0 Å². The van der Waals surface area contributed by atoms with Crippen LogP contribution in [-0.2, 0) is 16.1 Å². The Labute approximate surface area is 142 Å². The number of carbonyl (C=O) groups excluding carboxylic acids is 2. The topological polar surface area (TPSA) is 90.4 Å². The number of benzene rings is 1. The lowest BCUT2D eigenvalue weighted by Gasteiger charge is -2.35. The molecule has 1 heterocycles. The van der Waals surface area contributed by atoms with Crippen LogP contribution < -0.4 is 5.73 Å². The minimum Gasteiger partial charge on any atom is -0.369 e. The van der Waals surface area contributed by atoms with Gasteiger partial charge in [0.15, 0.2) is 0 Å². The third-order valence-electron chi connectivity index (χ3n) is 4.64. The Balaban J connectivity index is 1.98. The third-order valence-corrected chi connectivity index (χ3v) is 4.64. The predicted molar refractivity (Wildman–Crippen MR) is 90.6 cm³/mol. The molecule has 0 aromatic heterocycles. The van der Waals surface area contributed by atoms with Gasteiger partial charge in [-0.25, -0.2) is 0 Å². The summed E-state index contributed by atoms with van der Waals surface area (Å²) in [5.74, 6) is -0.561. The number of hydrogen-bond acceptors (Lipinski definition) is 4. The molecule has 2 rings (SSSR count). The summed E-state index contributed by atoms with van der Waals surface area (Å²) in [6.45, 7) is 3.53. The van der Waals surface area contributed by atoms with Gasteiger partial charge >= 0.3 is 0 Å². The van der Waals surface area contributed by atoms with E-state index in [1.54, 1.807) is 11.0 Å². The SMILES string of the molecule is CC(C(=O)N1CCCC(C(N)=O)C1)N(C)Cc1cccc(C#N)c1. The number of amides is 2. The number of primary amides is 1. The standard InChI is InChI=1S/C18H24N4O2/c1-13(18(24)22-8-4-7-16(12-22)17(20)23)21(2)11-15-6-3-5-14(9-15)10-19/h3,5-6,9,13,16H,4,7-8,11-12H2,1-2H3,(H2,20,23). The van der Waals surface area contributed by atoms with Gasteiger partial charge in [-0.15, -0.1) is 0 Å². The van der Waals surface area contributed by atoms with E-state index in [1.807, 2.05) is 37.1 Å². The van der Waals surface area contributed by atoms with Crippen molar-refractivity contribution in [2.45, 2.75) is 32.4 Å². The average Bonchev–Trinajstić information content (AvgIpc) is 2.60. The van der Waals surface area contributed by atoms with E-state index in [0.29, 0.717) is 25.2 Å². The fraction of sp³-hybridized carbons (Fsp3) is 0.500. The molecule has 6 heteroatoms. The minimum atomic E-state index is -0.332. The van der Waals surface area contributed by atoms with Crippen molar-refractivity contribution in [3.63, 3.8) is 0 Å². The Morgan fingerprint density at radius 2 is 2.25 bits per heavy atom. The van der Waals surface area contributed by atoms with Crippen molar-refractivity contribution in [3.8, 4) is 6.07 Å². The van der Waals surface area contributed by atoms with Gasteiger partial charge < -0.3 is 10.6 Å². The van der Waals surface area contributed by atoms with Crippen LogP contribution in [0.5, 0.6) is 0 Å². The van der Waals surface area contributed by atoms with E-state index >= 15 is 0 Å². The number of hydrogen-bond donors (Lipinski definition) is 1. The highest BCUT2D eigenvalue weighted by atomic mass is 16.2. The first-order valence-corrected chi connectivity index (χ1v) is 8.19. The fourth-order valence-corrected chi connectivity index (χ4v) is 3.03. The van der Waals surface area contributed by atoms with Gasteiger partial charge in [-0.05, 0) is 44.5 Å². The molecule has 0 bridgehead atoms. The van der Waals surface area contributed by atoms with Crippen molar-refractivity contribution in [1.82, 2.24) is 9.80 Å². The second-order valence-corrected chi connectivity index (χ2v) is 6.43. The first-order valence-electron chi connectivity index (χ1n) is 8.19. The van der Waals surface area contributed by atoms with Crippen LogP contribution in [0.3, 0.4) is 0 Å². The van der Waals surface area contributed by atoms with Crippen LogP contribution in [0.4, 0.5) is 0 Å². The summed E-state index contributed by atoms with van der Waals surface area (Å²) in [6, 6.07) is 9.20. The largest absolute Gasteiger partial charge is 0.369 e. The molecule has 0 aliphatic carbocycles. The first kappa shape index (κ1) is 18.0. The lowest BCUT2D eigenvalue weighted by Crippen LogP contribution is -2.50.